The Bertz CT molecular complexity index is 1110. The van der Waals surface area contributed by atoms with Gasteiger partial charge in [0.2, 0.25) is 0 Å². The molecule has 0 radical (unpaired) electrons. The minimum Gasteiger partial charge on any atom is -0.462 e. The molecular weight excluding hydrogens is 817 g/mol. The van der Waals surface area contributed by atoms with Crippen LogP contribution in [0.4, 0.5) is 0 Å². The van der Waals surface area contributed by atoms with Gasteiger partial charge < -0.3 is 14.2 Å². The zero-order valence-electron chi connectivity index (χ0n) is 44.2. The van der Waals surface area contributed by atoms with Crippen molar-refractivity contribution in [3.05, 3.63) is 36.5 Å². The van der Waals surface area contributed by atoms with Crippen molar-refractivity contribution in [2.45, 2.75) is 316 Å². The maximum atomic E-state index is 12.8. The third-order valence-electron chi connectivity index (χ3n) is 12.9. The second kappa shape index (κ2) is 55.2. The van der Waals surface area contributed by atoms with Crippen LogP contribution >= 0.6 is 0 Å². The van der Waals surface area contributed by atoms with Crippen LogP contribution in [0.15, 0.2) is 36.5 Å². The number of allylic oxidation sites excluding steroid dienone is 6. The number of carbonyl (C=O) groups is 3. The normalized spacial score (nSPS) is 12.2. The van der Waals surface area contributed by atoms with Gasteiger partial charge in [-0.05, 0) is 77.0 Å². The van der Waals surface area contributed by atoms with Crippen molar-refractivity contribution >= 4 is 17.9 Å². The molecule has 6 heteroatoms. The monoisotopic (exact) mass is 927 g/mol. The van der Waals surface area contributed by atoms with Crippen LogP contribution in [0.3, 0.4) is 0 Å². The molecule has 0 aromatic rings. The van der Waals surface area contributed by atoms with E-state index in [4.69, 9.17) is 14.2 Å². The summed E-state index contributed by atoms with van der Waals surface area (Å²) in [6.45, 7) is 6.64. The maximum Gasteiger partial charge on any atom is 0.306 e. The van der Waals surface area contributed by atoms with Gasteiger partial charge in [0, 0.05) is 19.3 Å². The summed E-state index contributed by atoms with van der Waals surface area (Å²) in [5, 5.41) is 0. The van der Waals surface area contributed by atoms with Crippen molar-refractivity contribution in [2.75, 3.05) is 13.2 Å². The van der Waals surface area contributed by atoms with Gasteiger partial charge in [-0.3, -0.25) is 14.4 Å². The lowest BCUT2D eigenvalue weighted by Gasteiger charge is -2.18. The molecule has 0 aromatic heterocycles. The van der Waals surface area contributed by atoms with Gasteiger partial charge in [0.1, 0.15) is 13.2 Å². The Morgan fingerprint density at radius 3 is 0.879 bits per heavy atom. The van der Waals surface area contributed by atoms with Gasteiger partial charge in [0.05, 0.1) is 0 Å². The molecule has 0 spiro atoms. The molecular formula is C60H110O6. The highest BCUT2D eigenvalue weighted by Gasteiger charge is 2.19. The Morgan fingerprint density at radius 1 is 0.303 bits per heavy atom. The van der Waals surface area contributed by atoms with E-state index in [0.29, 0.717) is 19.3 Å². The Morgan fingerprint density at radius 2 is 0.545 bits per heavy atom. The lowest BCUT2D eigenvalue weighted by Crippen LogP contribution is -2.30. The molecule has 0 N–H and O–H groups in total. The molecule has 0 rings (SSSR count). The molecule has 0 aliphatic rings. The standard InChI is InChI=1S/C60H110O6/c1-4-7-10-13-16-19-22-25-27-29-30-31-33-35-38-41-44-47-50-53-59(62)65-56-57(55-64-58(61)52-49-46-43-40-37-34-24-21-18-15-12-9-6-3)66-60(63)54-51-48-45-42-39-36-32-28-26-23-20-17-14-11-8-5-2/h16,19,25,27-28,32,57H,4-15,17-18,20-24,26,29-31,33-56H2,1-3H3/b19-16-,27-25-,32-28-/t57-/m1/s1. The van der Waals surface area contributed by atoms with E-state index in [-0.39, 0.29) is 31.1 Å². The Kier molecular flexibility index (Phi) is 53.2. The average Bonchev–Trinajstić information content (AvgIpc) is 3.31. The molecule has 0 aliphatic heterocycles. The average molecular weight is 928 g/mol. The van der Waals surface area contributed by atoms with Crippen molar-refractivity contribution < 1.29 is 28.6 Å². The van der Waals surface area contributed by atoms with Crippen molar-refractivity contribution in [1.29, 1.82) is 0 Å². The molecule has 0 unspecified atom stereocenters. The molecule has 1 atom stereocenters. The second-order valence-electron chi connectivity index (χ2n) is 19.6. The first-order valence-corrected chi connectivity index (χ1v) is 29.0. The minimum absolute atomic E-state index is 0.0731. The van der Waals surface area contributed by atoms with Crippen molar-refractivity contribution in [3.8, 4) is 0 Å². The van der Waals surface area contributed by atoms with Crippen molar-refractivity contribution in [3.63, 3.8) is 0 Å². The van der Waals surface area contributed by atoms with Gasteiger partial charge in [-0.15, -0.1) is 0 Å². The van der Waals surface area contributed by atoms with Gasteiger partial charge in [0.25, 0.3) is 0 Å². The van der Waals surface area contributed by atoms with Crippen molar-refractivity contribution in [2.24, 2.45) is 0 Å². The van der Waals surface area contributed by atoms with E-state index >= 15 is 0 Å². The Hall–Kier alpha value is -2.37. The number of esters is 3. The molecule has 0 saturated carbocycles. The molecule has 0 fully saturated rings. The number of ether oxygens (including phenoxy) is 3. The van der Waals surface area contributed by atoms with Crippen LogP contribution in [0.25, 0.3) is 0 Å². The fraction of sp³-hybridized carbons (Fsp3) is 0.850. The second-order valence-corrected chi connectivity index (χ2v) is 19.6. The van der Waals surface area contributed by atoms with Crippen molar-refractivity contribution in [1.82, 2.24) is 0 Å². The van der Waals surface area contributed by atoms with Gasteiger partial charge in [0.15, 0.2) is 6.10 Å². The number of carbonyl (C=O) groups excluding carboxylic acids is 3. The highest BCUT2D eigenvalue weighted by Crippen LogP contribution is 2.16. The fourth-order valence-corrected chi connectivity index (χ4v) is 8.47. The summed E-state index contributed by atoms with van der Waals surface area (Å²) >= 11 is 0. The number of rotatable bonds is 53. The summed E-state index contributed by atoms with van der Waals surface area (Å²) < 4.78 is 16.9. The van der Waals surface area contributed by atoms with E-state index < -0.39 is 6.10 Å². The van der Waals surface area contributed by atoms with E-state index in [1.807, 2.05) is 0 Å². The molecule has 0 saturated heterocycles. The van der Waals surface area contributed by atoms with Crippen LogP contribution in [0.1, 0.15) is 310 Å². The predicted molar refractivity (Wildman–Crippen MR) is 284 cm³/mol. The van der Waals surface area contributed by atoms with Crippen LogP contribution in [-0.2, 0) is 28.6 Å². The summed E-state index contributed by atoms with van der Waals surface area (Å²) in [6.07, 6.45) is 65.6. The minimum atomic E-state index is -0.775. The van der Waals surface area contributed by atoms with E-state index in [2.05, 4.69) is 57.2 Å². The van der Waals surface area contributed by atoms with Gasteiger partial charge in [-0.25, -0.2) is 0 Å². The van der Waals surface area contributed by atoms with Crippen LogP contribution in [0.2, 0.25) is 0 Å². The summed E-state index contributed by atoms with van der Waals surface area (Å²) in [6, 6.07) is 0. The van der Waals surface area contributed by atoms with Crippen LogP contribution in [0, 0.1) is 0 Å². The quantitative estimate of drug-likeness (QED) is 0.0262. The third-order valence-corrected chi connectivity index (χ3v) is 12.9. The molecule has 0 aromatic carbocycles. The zero-order chi connectivity index (χ0) is 47.9. The highest BCUT2D eigenvalue weighted by molar-refractivity contribution is 5.71. The summed E-state index contributed by atoms with van der Waals surface area (Å²) in [4.78, 5) is 38.1. The highest BCUT2D eigenvalue weighted by atomic mass is 16.6. The number of hydrogen-bond acceptors (Lipinski definition) is 6. The number of hydrogen-bond donors (Lipinski definition) is 0. The van der Waals surface area contributed by atoms with Gasteiger partial charge >= 0.3 is 17.9 Å². The zero-order valence-corrected chi connectivity index (χ0v) is 44.2. The first-order valence-electron chi connectivity index (χ1n) is 29.0. The SMILES string of the molecule is CCCCC/C=C\C/C=C\CCCCCCCCCCCC(=O)OC[C@@H](COC(=O)CCCCCCCCCCCCCCC)OC(=O)CCCCCCC/C=C\CCCCCCCCC. The lowest BCUT2D eigenvalue weighted by molar-refractivity contribution is -0.167. The van der Waals surface area contributed by atoms with E-state index in [1.165, 1.54) is 199 Å². The first kappa shape index (κ1) is 63.6. The smallest absolute Gasteiger partial charge is 0.306 e. The molecule has 0 heterocycles. The molecule has 0 bridgehead atoms. The third kappa shape index (κ3) is 52.6. The fourth-order valence-electron chi connectivity index (χ4n) is 8.47. The lowest BCUT2D eigenvalue weighted by atomic mass is 10.0. The summed E-state index contributed by atoms with van der Waals surface area (Å²) in [7, 11) is 0. The molecule has 386 valence electrons. The van der Waals surface area contributed by atoms with E-state index in [1.54, 1.807) is 0 Å². The van der Waals surface area contributed by atoms with Crippen LogP contribution in [0.5, 0.6) is 0 Å². The number of unbranched alkanes of at least 4 members (excludes halogenated alkanes) is 36. The van der Waals surface area contributed by atoms with Gasteiger partial charge in [-0.1, -0.05) is 250 Å². The van der Waals surface area contributed by atoms with Crippen LogP contribution in [-0.4, -0.2) is 37.2 Å². The van der Waals surface area contributed by atoms with Crippen LogP contribution < -0.4 is 0 Å². The Balaban J connectivity index is 4.34. The topological polar surface area (TPSA) is 78.9 Å². The van der Waals surface area contributed by atoms with E-state index in [9.17, 15) is 14.4 Å². The molecule has 0 aliphatic carbocycles. The molecule has 6 nitrogen and oxygen atoms in total. The molecule has 66 heavy (non-hydrogen) atoms. The Labute approximate surface area is 410 Å². The summed E-state index contributed by atoms with van der Waals surface area (Å²) in [5.41, 5.74) is 0. The largest absolute Gasteiger partial charge is 0.462 e. The maximum absolute atomic E-state index is 12.8. The summed E-state index contributed by atoms with van der Waals surface area (Å²) in [5.74, 6) is -0.869. The first-order chi connectivity index (χ1) is 32.5. The molecule has 0 amide bonds. The van der Waals surface area contributed by atoms with E-state index in [0.717, 1.165) is 70.6 Å². The predicted octanol–water partition coefficient (Wildman–Crippen LogP) is 19.3. The van der Waals surface area contributed by atoms with Gasteiger partial charge in [-0.2, -0.15) is 0 Å².